The lowest BCUT2D eigenvalue weighted by Gasteiger charge is -2.04. The van der Waals surface area contributed by atoms with Crippen LogP contribution in [0.4, 0.5) is 8.78 Å². The molecular formula is C12H7ClF2N5O3-. The number of aromatic nitrogens is 4. The van der Waals surface area contributed by atoms with Crippen molar-refractivity contribution in [2.24, 2.45) is 7.05 Å². The average Bonchev–Trinajstić information content (AvgIpc) is 3.00. The summed E-state index contributed by atoms with van der Waals surface area (Å²) >= 11 is 5.96. The van der Waals surface area contributed by atoms with Gasteiger partial charge in [-0.2, -0.15) is 19.1 Å². The molecule has 0 unspecified atom stereocenters. The van der Waals surface area contributed by atoms with Crippen molar-refractivity contribution in [2.75, 3.05) is 0 Å². The van der Waals surface area contributed by atoms with Crippen molar-refractivity contribution >= 4 is 23.6 Å². The van der Waals surface area contributed by atoms with Gasteiger partial charge >= 0.3 is 6.61 Å². The summed E-state index contributed by atoms with van der Waals surface area (Å²) in [6, 6.07) is 1.81. The van der Waals surface area contributed by atoms with Crippen LogP contribution < -0.4 is 9.84 Å². The summed E-state index contributed by atoms with van der Waals surface area (Å²) in [5, 5.41) is 27.0. The number of hydrogen-bond acceptors (Lipinski definition) is 6. The van der Waals surface area contributed by atoms with Crippen LogP contribution in [-0.2, 0) is 11.8 Å². The topological polar surface area (TPSA) is 109 Å². The van der Waals surface area contributed by atoms with Crippen LogP contribution in [0.3, 0.4) is 0 Å². The molecule has 0 atom stereocenters. The number of aliphatic carboxylic acids is 1. The van der Waals surface area contributed by atoms with Crippen molar-refractivity contribution in [3.63, 3.8) is 0 Å². The van der Waals surface area contributed by atoms with E-state index >= 15 is 0 Å². The van der Waals surface area contributed by atoms with Crippen molar-refractivity contribution in [1.29, 1.82) is 5.26 Å². The van der Waals surface area contributed by atoms with Crippen LogP contribution in [0.1, 0.15) is 11.3 Å². The van der Waals surface area contributed by atoms with Crippen molar-refractivity contribution < 1.29 is 23.4 Å². The van der Waals surface area contributed by atoms with Gasteiger partial charge in [0, 0.05) is 7.05 Å². The number of nitrogens with zero attached hydrogens (tertiary/aromatic N) is 5. The maximum absolute atomic E-state index is 12.4. The van der Waals surface area contributed by atoms with E-state index in [0.717, 1.165) is 21.6 Å². The summed E-state index contributed by atoms with van der Waals surface area (Å²) in [4.78, 5) is 10.5. The molecule has 0 bridgehead atoms. The molecule has 2 aromatic heterocycles. The molecular weight excluding hydrogens is 336 g/mol. The first-order chi connectivity index (χ1) is 10.8. The fraction of sp³-hybridized carbons (Fsp3) is 0.167. The number of alkyl halides is 2. The first-order valence-electron chi connectivity index (χ1n) is 5.90. The Labute approximate surface area is 132 Å². The predicted molar refractivity (Wildman–Crippen MR) is 70.7 cm³/mol. The van der Waals surface area contributed by atoms with Crippen LogP contribution >= 0.6 is 11.6 Å². The number of carbonyl (C=O) groups excluding carboxylic acids is 1. The van der Waals surface area contributed by atoms with Gasteiger partial charge in [0.1, 0.15) is 11.1 Å². The van der Waals surface area contributed by atoms with Crippen LogP contribution in [0.5, 0.6) is 5.88 Å². The largest absolute Gasteiger partial charge is 0.545 e. The molecule has 0 aliphatic rings. The van der Waals surface area contributed by atoms with E-state index in [-0.39, 0.29) is 22.1 Å². The Balaban J connectivity index is 2.58. The summed E-state index contributed by atoms with van der Waals surface area (Å²) in [5.41, 5.74) is 0.0702. The molecule has 0 aromatic carbocycles. The Bertz CT molecular complexity index is 822. The molecule has 0 aliphatic carbocycles. The third-order valence-corrected chi connectivity index (χ3v) is 2.96. The van der Waals surface area contributed by atoms with Gasteiger partial charge in [-0.1, -0.05) is 11.6 Å². The molecule has 8 nitrogen and oxygen atoms in total. The third kappa shape index (κ3) is 3.29. The lowest BCUT2D eigenvalue weighted by Crippen LogP contribution is -2.18. The van der Waals surface area contributed by atoms with Crippen molar-refractivity contribution in [1.82, 2.24) is 19.6 Å². The van der Waals surface area contributed by atoms with Crippen LogP contribution in [-0.4, -0.2) is 32.1 Å². The monoisotopic (exact) mass is 342 g/mol. The maximum Gasteiger partial charge on any atom is 0.388 e. The van der Waals surface area contributed by atoms with Gasteiger partial charge in [-0.25, -0.2) is 9.36 Å². The van der Waals surface area contributed by atoms with E-state index in [1.165, 1.54) is 7.05 Å². The average molecular weight is 343 g/mol. The number of nitriles is 1. The van der Waals surface area contributed by atoms with Gasteiger partial charge in [0.15, 0.2) is 5.82 Å². The highest BCUT2D eigenvalue weighted by atomic mass is 35.5. The summed E-state index contributed by atoms with van der Waals surface area (Å²) in [6.45, 7) is -3.11. The standard InChI is InChI=1S/C12H8ClF2N5O3/c1-19-11(23-12(14)15)9(13)10(18-19)20-7(2-3-8(21)22)6(4-16)5-17-20/h2-3,5,12H,1H3,(H,21,22)/p-1/b3-2+. The molecule has 0 spiro atoms. The maximum atomic E-state index is 12.4. The van der Waals surface area contributed by atoms with Gasteiger partial charge in [0.05, 0.1) is 23.4 Å². The minimum absolute atomic E-state index is 0.0283. The Morgan fingerprint density at radius 3 is 2.87 bits per heavy atom. The number of carbonyl (C=O) groups is 1. The summed E-state index contributed by atoms with van der Waals surface area (Å²) in [6.07, 6.45) is 2.88. The van der Waals surface area contributed by atoms with Gasteiger partial charge in [-0.15, -0.1) is 5.10 Å². The fourth-order valence-corrected chi connectivity index (χ4v) is 2.02. The molecule has 0 amide bonds. The Hall–Kier alpha value is -2.93. The van der Waals surface area contributed by atoms with E-state index < -0.39 is 18.5 Å². The summed E-state index contributed by atoms with van der Waals surface area (Å²) in [5.74, 6) is -2.00. The number of carboxylic acids is 1. The molecule has 2 heterocycles. The molecule has 2 aromatic rings. The first-order valence-corrected chi connectivity index (χ1v) is 6.27. The van der Waals surface area contributed by atoms with Crippen molar-refractivity contribution in [2.45, 2.75) is 6.61 Å². The fourth-order valence-electron chi connectivity index (χ4n) is 1.74. The van der Waals surface area contributed by atoms with E-state index in [1.807, 2.05) is 0 Å². The number of hydrogen-bond donors (Lipinski definition) is 0. The quantitative estimate of drug-likeness (QED) is 0.732. The first kappa shape index (κ1) is 16.4. The number of halogens is 3. The van der Waals surface area contributed by atoms with Crippen LogP contribution in [0.2, 0.25) is 5.02 Å². The lowest BCUT2D eigenvalue weighted by molar-refractivity contribution is -0.297. The van der Waals surface area contributed by atoms with Crippen molar-refractivity contribution in [3.8, 4) is 17.8 Å². The molecule has 0 saturated carbocycles. The Kier molecular flexibility index (Phi) is 4.61. The minimum Gasteiger partial charge on any atom is -0.545 e. The van der Waals surface area contributed by atoms with Gasteiger partial charge in [-0.05, 0) is 12.2 Å². The Morgan fingerprint density at radius 1 is 1.61 bits per heavy atom. The SMILES string of the molecule is Cn1nc(-n2ncc(C#N)c2/C=C/C(=O)[O-])c(Cl)c1OC(F)F. The molecule has 11 heteroatoms. The molecule has 0 saturated heterocycles. The molecule has 23 heavy (non-hydrogen) atoms. The smallest absolute Gasteiger partial charge is 0.388 e. The molecule has 0 aliphatic heterocycles. The normalized spacial score (nSPS) is 11.1. The summed E-state index contributed by atoms with van der Waals surface area (Å²) in [7, 11) is 1.32. The van der Waals surface area contributed by atoms with Gasteiger partial charge < -0.3 is 14.6 Å². The van der Waals surface area contributed by atoms with Gasteiger partial charge in [0.2, 0.25) is 5.88 Å². The minimum atomic E-state index is -3.11. The predicted octanol–water partition coefficient (Wildman–Crippen LogP) is 0.495. The molecule has 120 valence electrons. The third-order valence-electron chi connectivity index (χ3n) is 2.63. The van der Waals surface area contributed by atoms with Gasteiger partial charge in [-0.3, -0.25) is 0 Å². The number of ether oxygens (including phenoxy) is 1. The number of carboxylic acid groups (broad SMARTS) is 1. The van der Waals surface area contributed by atoms with E-state index in [9.17, 15) is 18.7 Å². The van der Waals surface area contributed by atoms with Gasteiger partial charge in [0.25, 0.3) is 0 Å². The number of aryl methyl sites for hydroxylation is 1. The second-order valence-corrected chi connectivity index (χ2v) is 4.44. The highest BCUT2D eigenvalue weighted by Crippen LogP contribution is 2.32. The van der Waals surface area contributed by atoms with E-state index in [0.29, 0.717) is 6.08 Å². The molecule has 0 N–H and O–H groups in total. The second-order valence-electron chi connectivity index (χ2n) is 4.06. The zero-order valence-corrected chi connectivity index (χ0v) is 12.2. The second kappa shape index (κ2) is 6.45. The zero-order chi connectivity index (χ0) is 17.1. The number of rotatable bonds is 5. The van der Waals surface area contributed by atoms with Crippen LogP contribution in [0.25, 0.3) is 11.9 Å². The molecule has 2 rings (SSSR count). The molecule has 0 fully saturated rings. The van der Waals surface area contributed by atoms with Crippen molar-refractivity contribution in [3.05, 3.63) is 28.6 Å². The molecule has 0 radical (unpaired) electrons. The zero-order valence-electron chi connectivity index (χ0n) is 11.4. The Morgan fingerprint density at radius 2 is 2.30 bits per heavy atom. The van der Waals surface area contributed by atoms with Crippen LogP contribution in [0, 0.1) is 11.3 Å². The summed E-state index contributed by atoms with van der Waals surface area (Å²) < 4.78 is 31.0. The lowest BCUT2D eigenvalue weighted by atomic mass is 10.2. The van der Waals surface area contributed by atoms with E-state index in [1.54, 1.807) is 6.07 Å². The van der Waals surface area contributed by atoms with E-state index in [2.05, 4.69) is 14.9 Å². The van der Waals surface area contributed by atoms with Crippen LogP contribution in [0.15, 0.2) is 12.3 Å². The highest BCUT2D eigenvalue weighted by Gasteiger charge is 2.23. The highest BCUT2D eigenvalue weighted by molar-refractivity contribution is 6.33. The van der Waals surface area contributed by atoms with E-state index in [4.69, 9.17) is 16.9 Å².